The highest BCUT2D eigenvalue weighted by Gasteiger charge is 2.40. The van der Waals surface area contributed by atoms with Crippen molar-refractivity contribution >= 4 is 38.9 Å². The van der Waals surface area contributed by atoms with Crippen molar-refractivity contribution in [1.29, 1.82) is 0 Å². The first-order valence-corrected chi connectivity index (χ1v) is 10.5. The maximum Gasteiger partial charge on any atom is 0.247 e. The van der Waals surface area contributed by atoms with Crippen LogP contribution in [0.2, 0.25) is 10.0 Å². The minimum absolute atomic E-state index is 0.191. The van der Waals surface area contributed by atoms with Crippen LogP contribution in [-0.4, -0.2) is 12.7 Å². The van der Waals surface area contributed by atoms with Crippen LogP contribution in [0.3, 0.4) is 0 Å². The molecule has 0 aliphatic carbocycles. The average Bonchev–Trinajstić information content (AvgIpc) is 2.65. The Kier molecular flexibility index (Phi) is 4.86. The minimum atomic E-state index is -3.76. The lowest BCUT2D eigenvalue weighted by atomic mass is 10.1. The number of benzene rings is 3. The number of nitrogens with one attached hydrogen (secondary N) is 1. The molecule has 0 amide bonds. The maximum absolute atomic E-state index is 13.4. The van der Waals surface area contributed by atoms with E-state index in [9.17, 15) is 8.42 Å². The summed E-state index contributed by atoms with van der Waals surface area (Å²) in [6.45, 7) is 0.191. The van der Waals surface area contributed by atoms with E-state index in [1.807, 2.05) is 30.3 Å². The molecule has 0 saturated heterocycles. The molecule has 3 aromatic rings. The van der Waals surface area contributed by atoms with Gasteiger partial charge >= 0.3 is 0 Å². The molecule has 1 N–H and O–H groups in total. The van der Waals surface area contributed by atoms with Crippen molar-refractivity contribution in [3.05, 3.63) is 94.0 Å². The zero-order valence-corrected chi connectivity index (χ0v) is 16.5. The van der Waals surface area contributed by atoms with Crippen LogP contribution in [0.1, 0.15) is 17.3 Å². The summed E-state index contributed by atoms with van der Waals surface area (Å²) in [4.78, 5) is 0.236. The van der Waals surface area contributed by atoms with Gasteiger partial charge in [0.1, 0.15) is 11.1 Å². The molecule has 3 aromatic carbocycles. The van der Waals surface area contributed by atoms with Crippen molar-refractivity contribution in [2.24, 2.45) is 0 Å². The number of fused-ring (bicyclic) bond motifs is 1. The van der Waals surface area contributed by atoms with E-state index < -0.39 is 16.2 Å². The van der Waals surface area contributed by atoms with E-state index in [0.29, 0.717) is 21.3 Å². The van der Waals surface area contributed by atoms with Crippen molar-refractivity contribution in [1.82, 2.24) is 4.31 Å². The third kappa shape index (κ3) is 3.32. The molecule has 0 unspecified atom stereocenters. The van der Waals surface area contributed by atoms with E-state index in [4.69, 9.17) is 23.2 Å². The first-order valence-electron chi connectivity index (χ1n) is 8.34. The monoisotopic (exact) mass is 418 g/mol. The summed E-state index contributed by atoms with van der Waals surface area (Å²) in [5.74, 6) is 0. The lowest BCUT2D eigenvalue weighted by molar-refractivity contribution is 0.336. The number of para-hydroxylation sites is 1. The van der Waals surface area contributed by atoms with Crippen molar-refractivity contribution in [2.45, 2.75) is 17.6 Å². The van der Waals surface area contributed by atoms with Gasteiger partial charge in [-0.15, -0.1) is 0 Å². The van der Waals surface area contributed by atoms with Gasteiger partial charge in [0.05, 0.1) is 5.69 Å². The Bertz CT molecular complexity index is 1070. The smallest absolute Gasteiger partial charge is 0.247 e. The molecule has 4 nitrogen and oxygen atoms in total. The summed E-state index contributed by atoms with van der Waals surface area (Å²) in [7, 11) is -3.76. The molecule has 0 spiro atoms. The van der Waals surface area contributed by atoms with Crippen LogP contribution in [0.5, 0.6) is 0 Å². The zero-order valence-electron chi connectivity index (χ0n) is 14.1. The third-order valence-electron chi connectivity index (χ3n) is 4.51. The fourth-order valence-corrected chi connectivity index (χ4v) is 5.49. The second-order valence-corrected chi connectivity index (χ2v) is 8.89. The molecule has 0 saturated carbocycles. The second-order valence-electron chi connectivity index (χ2n) is 6.21. The second kappa shape index (κ2) is 7.17. The predicted octanol–water partition coefficient (Wildman–Crippen LogP) is 5.31. The predicted molar refractivity (Wildman–Crippen MR) is 108 cm³/mol. The van der Waals surface area contributed by atoms with E-state index >= 15 is 0 Å². The molecule has 138 valence electrons. The van der Waals surface area contributed by atoms with E-state index in [2.05, 4.69) is 5.32 Å². The van der Waals surface area contributed by atoms with Gasteiger partial charge in [-0.1, -0.05) is 71.7 Å². The number of rotatable bonds is 3. The van der Waals surface area contributed by atoms with Crippen LogP contribution in [0.25, 0.3) is 0 Å². The fraction of sp³-hybridized carbons (Fsp3) is 0.100. The van der Waals surface area contributed by atoms with Gasteiger partial charge in [-0.3, -0.25) is 0 Å². The molecule has 1 atom stereocenters. The SMILES string of the molecule is O=S1(=O)c2ccccc2N[C@@H](c2c(Cl)cccc2Cl)N1Cc1ccccc1. The van der Waals surface area contributed by atoms with Gasteiger partial charge in [-0.05, 0) is 29.8 Å². The summed E-state index contributed by atoms with van der Waals surface area (Å²) in [5.41, 5.74) is 1.94. The Morgan fingerprint density at radius 1 is 0.852 bits per heavy atom. The van der Waals surface area contributed by atoms with Crippen LogP contribution < -0.4 is 5.32 Å². The van der Waals surface area contributed by atoms with Crippen LogP contribution in [0.4, 0.5) is 5.69 Å². The Balaban J connectivity index is 1.90. The quantitative estimate of drug-likeness (QED) is 0.626. The van der Waals surface area contributed by atoms with Gasteiger partial charge in [0, 0.05) is 22.2 Å². The van der Waals surface area contributed by atoms with Crippen molar-refractivity contribution in [2.75, 3.05) is 5.32 Å². The number of nitrogens with zero attached hydrogens (tertiary/aromatic N) is 1. The van der Waals surface area contributed by atoms with Gasteiger partial charge in [0.25, 0.3) is 0 Å². The van der Waals surface area contributed by atoms with Crippen molar-refractivity contribution in [3.63, 3.8) is 0 Å². The summed E-state index contributed by atoms with van der Waals surface area (Å²) < 4.78 is 28.2. The number of halogens is 2. The summed E-state index contributed by atoms with van der Waals surface area (Å²) >= 11 is 12.8. The molecule has 7 heteroatoms. The first-order chi connectivity index (χ1) is 13.0. The lowest BCUT2D eigenvalue weighted by Gasteiger charge is -2.38. The highest BCUT2D eigenvalue weighted by atomic mass is 35.5. The van der Waals surface area contributed by atoms with Gasteiger partial charge in [0.2, 0.25) is 10.0 Å². The topological polar surface area (TPSA) is 49.4 Å². The van der Waals surface area contributed by atoms with E-state index in [-0.39, 0.29) is 11.4 Å². The minimum Gasteiger partial charge on any atom is -0.364 e. The summed E-state index contributed by atoms with van der Waals surface area (Å²) in [6.07, 6.45) is -0.716. The maximum atomic E-state index is 13.4. The van der Waals surface area contributed by atoms with E-state index in [1.165, 1.54) is 4.31 Å². The van der Waals surface area contributed by atoms with Gasteiger partial charge in [-0.2, -0.15) is 4.31 Å². The average molecular weight is 419 g/mol. The van der Waals surface area contributed by atoms with Gasteiger partial charge < -0.3 is 5.32 Å². The molecular weight excluding hydrogens is 403 g/mol. The van der Waals surface area contributed by atoms with E-state index in [1.54, 1.807) is 42.5 Å². The summed E-state index contributed by atoms with van der Waals surface area (Å²) in [6, 6.07) is 21.4. The molecule has 0 aromatic heterocycles. The molecule has 0 fully saturated rings. The number of sulfonamides is 1. The van der Waals surface area contributed by atoms with Crippen LogP contribution in [0.15, 0.2) is 77.7 Å². The molecule has 1 aliphatic heterocycles. The molecule has 0 bridgehead atoms. The largest absolute Gasteiger partial charge is 0.364 e. The highest BCUT2D eigenvalue weighted by molar-refractivity contribution is 7.89. The first kappa shape index (κ1) is 18.3. The standard InChI is InChI=1S/C20H16Cl2N2O2S/c21-15-9-6-10-16(22)19(15)20-23-17-11-4-5-12-18(17)27(25,26)24(20)13-14-7-2-1-3-8-14/h1-12,20,23H,13H2/t20-/m1/s1. The zero-order chi connectivity index (χ0) is 19.0. The number of hydrogen-bond acceptors (Lipinski definition) is 3. The molecule has 1 heterocycles. The normalized spacial score (nSPS) is 18.5. The number of anilines is 1. The Morgan fingerprint density at radius 3 is 2.19 bits per heavy atom. The van der Waals surface area contributed by atoms with Crippen LogP contribution >= 0.6 is 23.2 Å². The molecule has 27 heavy (non-hydrogen) atoms. The van der Waals surface area contributed by atoms with Gasteiger partial charge in [0.15, 0.2) is 0 Å². The Morgan fingerprint density at radius 2 is 1.48 bits per heavy atom. The van der Waals surface area contributed by atoms with E-state index in [0.717, 1.165) is 5.56 Å². The lowest BCUT2D eigenvalue weighted by Crippen LogP contribution is -2.42. The fourth-order valence-electron chi connectivity index (χ4n) is 3.22. The molecular formula is C20H16Cl2N2O2S. The van der Waals surface area contributed by atoms with Crippen LogP contribution in [0, 0.1) is 0 Å². The third-order valence-corrected chi connectivity index (χ3v) is 7.04. The molecule has 0 radical (unpaired) electrons. The molecule has 1 aliphatic rings. The van der Waals surface area contributed by atoms with Crippen LogP contribution in [-0.2, 0) is 16.6 Å². The number of hydrogen-bond donors (Lipinski definition) is 1. The molecule has 4 rings (SSSR count). The Hall–Kier alpha value is -2.05. The van der Waals surface area contributed by atoms with Crippen molar-refractivity contribution < 1.29 is 8.42 Å². The van der Waals surface area contributed by atoms with Crippen molar-refractivity contribution in [3.8, 4) is 0 Å². The highest BCUT2D eigenvalue weighted by Crippen LogP contribution is 2.43. The van der Waals surface area contributed by atoms with Gasteiger partial charge in [-0.25, -0.2) is 8.42 Å². The Labute approximate surface area is 168 Å². The summed E-state index contributed by atoms with van der Waals surface area (Å²) in [5, 5.41) is 4.12.